The first-order chi connectivity index (χ1) is 19.4. The lowest BCUT2D eigenvalue weighted by Gasteiger charge is -2.26. The van der Waals surface area contributed by atoms with E-state index in [1.165, 1.54) is 37.3 Å². The van der Waals surface area contributed by atoms with E-state index in [9.17, 15) is 8.42 Å². The van der Waals surface area contributed by atoms with Gasteiger partial charge in [0.05, 0.1) is 12.0 Å². The molecular weight excluding hydrogens is 542 g/mol. The number of fused-ring (bicyclic) bond motifs is 1. The van der Waals surface area contributed by atoms with Gasteiger partial charge in [-0.3, -0.25) is 4.90 Å². The van der Waals surface area contributed by atoms with Crippen LogP contribution in [0.4, 0.5) is 0 Å². The lowest BCUT2D eigenvalue weighted by atomic mass is 9.99. The van der Waals surface area contributed by atoms with Gasteiger partial charge in [-0.25, -0.2) is 8.42 Å². The Morgan fingerprint density at radius 1 is 0.850 bits per heavy atom. The molecule has 1 fully saturated rings. The molecule has 1 saturated heterocycles. The van der Waals surface area contributed by atoms with E-state index in [0.29, 0.717) is 27.9 Å². The summed E-state index contributed by atoms with van der Waals surface area (Å²) in [5, 5.41) is 1.91. The Kier molecular flexibility index (Phi) is 8.88. The summed E-state index contributed by atoms with van der Waals surface area (Å²) in [6, 6.07) is 23.1. The lowest BCUT2D eigenvalue weighted by Crippen LogP contribution is -2.33. The van der Waals surface area contributed by atoms with Crippen LogP contribution >= 0.6 is 11.8 Å². The Labute approximate surface area is 241 Å². The normalized spacial score (nSPS) is 14.3. The molecule has 6 nitrogen and oxygen atoms in total. The molecule has 0 bridgehead atoms. The van der Waals surface area contributed by atoms with Gasteiger partial charge in [-0.15, -0.1) is 11.8 Å². The summed E-state index contributed by atoms with van der Waals surface area (Å²) in [7, 11) is -1.69. The zero-order valence-electron chi connectivity index (χ0n) is 23.2. The number of rotatable bonds is 10. The van der Waals surface area contributed by atoms with Crippen molar-refractivity contribution in [3.8, 4) is 34.1 Å². The van der Waals surface area contributed by atoms with E-state index < -0.39 is 9.84 Å². The van der Waals surface area contributed by atoms with E-state index in [0.717, 1.165) is 53.0 Å². The van der Waals surface area contributed by atoms with Crippen LogP contribution in [0, 0.1) is 0 Å². The van der Waals surface area contributed by atoms with Crippen LogP contribution in [0.3, 0.4) is 0 Å². The van der Waals surface area contributed by atoms with Crippen molar-refractivity contribution in [1.82, 2.24) is 4.90 Å². The minimum absolute atomic E-state index is 0.326. The first-order valence-corrected chi connectivity index (χ1v) is 16.6. The average molecular weight is 578 g/mol. The van der Waals surface area contributed by atoms with Crippen LogP contribution in [-0.2, 0) is 9.84 Å². The van der Waals surface area contributed by atoms with Crippen molar-refractivity contribution < 1.29 is 22.6 Å². The van der Waals surface area contributed by atoms with Gasteiger partial charge in [0.15, 0.2) is 9.84 Å². The number of piperidine rings is 1. The van der Waals surface area contributed by atoms with Crippen LogP contribution in [-0.4, -0.2) is 59.2 Å². The Hall–Kier alpha value is -3.20. The van der Waals surface area contributed by atoms with Crippen LogP contribution in [0.15, 0.2) is 82.6 Å². The van der Waals surface area contributed by atoms with Crippen LogP contribution in [0.5, 0.6) is 23.0 Å². The van der Waals surface area contributed by atoms with Gasteiger partial charge in [-0.1, -0.05) is 18.6 Å². The summed E-state index contributed by atoms with van der Waals surface area (Å²) < 4.78 is 42.6. The van der Waals surface area contributed by atoms with Crippen molar-refractivity contribution in [2.24, 2.45) is 0 Å². The highest BCUT2D eigenvalue weighted by Crippen LogP contribution is 2.42. The molecule has 40 heavy (non-hydrogen) atoms. The number of hydrogen-bond donors (Lipinski definition) is 0. The maximum Gasteiger partial charge on any atom is 0.176 e. The Bertz CT molecular complexity index is 1580. The molecule has 0 aromatic heterocycles. The number of sulfone groups is 1. The average Bonchev–Trinajstić information content (AvgIpc) is 2.97. The fourth-order valence-corrected chi connectivity index (χ4v) is 7.04. The highest BCUT2D eigenvalue weighted by Gasteiger charge is 2.18. The molecule has 0 amide bonds. The highest BCUT2D eigenvalue weighted by atomic mass is 32.2. The van der Waals surface area contributed by atoms with Gasteiger partial charge in [0.2, 0.25) is 0 Å². The van der Waals surface area contributed by atoms with Crippen LogP contribution in [0.1, 0.15) is 19.3 Å². The monoisotopic (exact) mass is 577 g/mol. The van der Waals surface area contributed by atoms with E-state index in [1.807, 2.05) is 73.0 Å². The number of hydrogen-bond acceptors (Lipinski definition) is 7. The van der Waals surface area contributed by atoms with Gasteiger partial charge in [0.1, 0.15) is 29.6 Å². The van der Waals surface area contributed by atoms with Crippen molar-refractivity contribution >= 4 is 32.4 Å². The summed E-state index contributed by atoms with van der Waals surface area (Å²) in [6.45, 7) is 3.92. The molecule has 1 aliphatic heterocycles. The third kappa shape index (κ3) is 6.57. The molecule has 0 radical (unpaired) electrons. The molecular formula is C32H35NO5S2. The Balaban J connectivity index is 1.44. The molecule has 0 spiro atoms. The summed E-state index contributed by atoms with van der Waals surface area (Å²) in [6.07, 6.45) is 7.00. The van der Waals surface area contributed by atoms with E-state index in [4.69, 9.17) is 14.2 Å². The Morgan fingerprint density at radius 3 is 2.27 bits per heavy atom. The number of ether oxygens (including phenoxy) is 3. The molecule has 8 heteroatoms. The number of benzene rings is 4. The van der Waals surface area contributed by atoms with E-state index >= 15 is 0 Å². The largest absolute Gasteiger partial charge is 0.497 e. The molecule has 5 rings (SSSR count). The molecule has 1 heterocycles. The van der Waals surface area contributed by atoms with Crippen molar-refractivity contribution in [2.45, 2.75) is 29.1 Å². The fourth-order valence-electron chi connectivity index (χ4n) is 5.08. The van der Waals surface area contributed by atoms with Crippen molar-refractivity contribution in [3.05, 3.63) is 72.8 Å². The van der Waals surface area contributed by atoms with Gasteiger partial charge in [0.25, 0.3) is 0 Å². The predicted octanol–water partition coefficient (Wildman–Crippen LogP) is 7.30. The quantitative estimate of drug-likeness (QED) is 0.183. The van der Waals surface area contributed by atoms with E-state index in [-0.39, 0.29) is 0 Å². The van der Waals surface area contributed by atoms with Crippen molar-refractivity contribution in [3.63, 3.8) is 0 Å². The van der Waals surface area contributed by atoms with Gasteiger partial charge in [-0.05, 0) is 104 Å². The van der Waals surface area contributed by atoms with Gasteiger partial charge >= 0.3 is 0 Å². The summed E-state index contributed by atoms with van der Waals surface area (Å²) in [5.41, 5.74) is 1.75. The topological polar surface area (TPSA) is 65.1 Å². The number of likely N-dealkylation sites (tertiary alicyclic amines) is 1. The van der Waals surface area contributed by atoms with Crippen LogP contribution in [0.2, 0.25) is 0 Å². The minimum Gasteiger partial charge on any atom is -0.497 e. The maximum absolute atomic E-state index is 12.3. The zero-order chi connectivity index (χ0) is 28.1. The lowest BCUT2D eigenvalue weighted by molar-refractivity contribution is 0.183. The van der Waals surface area contributed by atoms with E-state index in [2.05, 4.69) is 4.90 Å². The second-order valence-corrected chi connectivity index (χ2v) is 12.8. The summed E-state index contributed by atoms with van der Waals surface area (Å²) >= 11 is 1.41. The molecule has 0 unspecified atom stereocenters. The third-order valence-corrected chi connectivity index (χ3v) is 9.28. The van der Waals surface area contributed by atoms with Crippen LogP contribution < -0.4 is 14.2 Å². The van der Waals surface area contributed by atoms with Crippen molar-refractivity contribution in [1.29, 1.82) is 0 Å². The molecule has 0 saturated carbocycles. The number of nitrogens with zero attached hydrogens (tertiary/aromatic N) is 1. The smallest absolute Gasteiger partial charge is 0.176 e. The second-order valence-electron chi connectivity index (χ2n) is 9.99. The van der Waals surface area contributed by atoms with Crippen molar-refractivity contribution in [2.75, 3.05) is 45.9 Å². The van der Waals surface area contributed by atoms with Gasteiger partial charge in [-0.2, -0.15) is 0 Å². The third-order valence-electron chi connectivity index (χ3n) is 7.22. The molecule has 0 N–H and O–H groups in total. The molecule has 4 aromatic carbocycles. The first kappa shape index (κ1) is 28.3. The number of methoxy groups -OCH3 is 1. The highest BCUT2D eigenvalue weighted by molar-refractivity contribution is 7.99. The minimum atomic E-state index is -3.34. The molecule has 1 aliphatic rings. The number of thioether (sulfide) groups is 1. The SMILES string of the molecule is COc1ccc2c(Oc3ccc(OCCN4CCCCC4)cc3)c(-c3ccc(S(C)(=O)=O)c(SC)c3)ccc2c1. The maximum atomic E-state index is 12.3. The second kappa shape index (κ2) is 12.5. The first-order valence-electron chi connectivity index (χ1n) is 13.5. The molecule has 0 aliphatic carbocycles. The van der Waals surface area contributed by atoms with Gasteiger partial charge in [0, 0.05) is 28.6 Å². The summed E-state index contributed by atoms with van der Waals surface area (Å²) in [4.78, 5) is 3.49. The predicted molar refractivity (Wildman–Crippen MR) is 163 cm³/mol. The molecule has 4 aromatic rings. The summed E-state index contributed by atoms with van der Waals surface area (Å²) in [5.74, 6) is 2.96. The van der Waals surface area contributed by atoms with Crippen LogP contribution in [0.25, 0.3) is 21.9 Å². The zero-order valence-corrected chi connectivity index (χ0v) is 24.8. The van der Waals surface area contributed by atoms with E-state index in [1.54, 1.807) is 13.2 Å². The fraction of sp³-hybridized carbons (Fsp3) is 0.312. The molecule has 0 atom stereocenters. The standard InChI is InChI=1S/C32H35NO5S2/c1-36-27-13-15-29-23(21-27)7-14-28(24-8-16-31(40(3,34)35)30(22-24)39-2)32(29)38-26-11-9-25(10-12-26)37-20-19-33-17-5-4-6-18-33/h7-16,21-22H,4-6,17-20H2,1-3H3. The Morgan fingerprint density at radius 2 is 1.57 bits per heavy atom. The molecule has 210 valence electrons. The van der Waals surface area contributed by atoms with Gasteiger partial charge < -0.3 is 14.2 Å².